The lowest BCUT2D eigenvalue weighted by molar-refractivity contribution is -0.141. The molecule has 3 aromatic heterocycles. The lowest BCUT2D eigenvalue weighted by Gasteiger charge is -2.08. The molecule has 0 amide bonds. The minimum absolute atomic E-state index is 0.0242. The molecule has 0 saturated carbocycles. The number of rotatable bonds is 4. The smallest absolute Gasteiger partial charge is 0.433 e. The van der Waals surface area contributed by atoms with E-state index in [0.717, 1.165) is 11.6 Å². The average Bonchev–Trinajstić information content (AvgIpc) is 3.25. The van der Waals surface area contributed by atoms with Gasteiger partial charge in [-0.3, -0.25) is 9.08 Å². The summed E-state index contributed by atoms with van der Waals surface area (Å²) in [6.07, 6.45) is -0.155. The van der Waals surface area contributed by atoms with Crippen LogP contribution in [0.1, 0.15) is 11.5 Å². The van der Waals surface area contributed by atoms with Crippen LogP contribution >= 0.6 is 0 Å². The van der Waals surface area contributed by atoms with Gasteiger partial charge < -0.3 is 4.74 Å². The quantitative estimate of drug-likeness (QED) is 0.549. The zero-order valence-electron chi connectivity index (χ0n) is 14.1. The van der Waals surface area contributed by atoms with Gasteiger partial charge in [0.05, 0.1) is 11.9 Å². The van der Waals surface area contributed by atoms with Crippen molar-refractivity contribution in [3.8, 4) is 17.0 Å². The van der Waals surface area contributed by atoms with Crippen LogP contribution in [0.25, 0.3) is 17.0 Å². The largest absolute Gasteiger partial charge is 0.486 e. The van der Waals surface area contributed by atoms with Gasteiger partial charge >= 0.3 is 6.18 Å². The molecule has 0 N–H and O–H groups in total. The predicted molar refractivity (Wildman–Crippen MR) is 88.8 cm³/mol. The van der Waals surface area contributed by atoms with Gasteiger partial charge in [0.1, 0.15) is 24.4 Å². The number of fused-ring (bicyclic) bond motifs is 1. The first-order valence-electron chi connectivity index (χ1n) is 7.89. The van der Waals surface area contributed by atoms with Gasteiger partial charge in [-0.25, -0.2) is 15.0 Å². The number of nitrogens with zero attached hydrogens (tertiary/aromatic N) is 6. The minimum Gasteiger partial charge on any atom is -0.486 e. The first-order chi connectivity index (χ1) is 12.9. The van der Waals surface area contributed by atoms with Crippen LogP contribution in [0.2, 0.25) is 0 Å². The van der Waals surface area contributed by atoms with Gasteiger partial charge in [0.25, 0.3) is 0 Å². The molecular formula is C17H13F3N6O. The molecule has 0 saturated heterocycles. The summed E-state index contributed by atoms with van der Waals surface area (Å²) >= 11 is 0. The minimum atomic E-state index is -4.51. The van der Waals surface area contributed by atoms with E-state index in [0.29, 0.717) is 17.3 Å². The molecule has 0 fully saturated rings. The summed E-state index contributed by atoms with van der Waals surface area (Å²) in [6, 6.07) is 8.06. The molecule has 3 heterocycles. The SMILES string of the molecule is Cn1cnc(COc2cccc(-c3cnc4nc(C(F)(F)F)ccn34)c2)n1. The first kappa shape index (κ1) is 17.0. The third-order valence-electron chi connectivity index (χ3n) is 3.81. The molecule has 0 atom stereocenters. The maximum Gasteiger partial charge on any atom is 0.433 e. The molecule has 0 spiro atoms. The number of alkyl halides is 3. The van der Waals surface area contributed by atoms with Crippen molar-refractivity contribution >= 4 is 5.78 Å². The highest BCUT2D eigenvalue weighted by Crippen LogP contribution is 2.29. The van der Waals surface area contributed by atoms with Gasteiger partial charge in [0.2, 0.25) is 5.78 Å². The van der Waals surface area contributed by atoms with E-state index in [2.05, 4.69) is 20.1 Å². The second-order valence-electron chi connectivity index (χ2n) is 5.77. The van der Waals surface area contributed by atoms with Crippen molar-refractivity contribution in [3.05, 3.63) is 60.6 Å². The molecular weight excluding hydrogens is 361 g/mol. The second kappa shape index (κ2) is 6.38. The van der Waals surface area contributed by atoms with Gasteiger partial charge in [-0.15, -0.1) is 0 Å². The van der Waals surface area contributed by atoms with Gasteiger partial charge in [0.15, 0.2) is 5.82 Å². The average molecular weight is 374 g/mol. The number of imidazole rings is 1. The summed E-state index contributed by atoms with van der Waals surface area (Å²) in [5, 5.41) is 4.13. The molecule has 0 radical (unpaired) electrons. The van der Waals surface area contributed by atoms with Crippen molar-refractivity contribution in [1.82, 2.24) is 29.1 Å². The van der Waals surface area contributed by atoms with Gasteiger partial charge in [0, 0.05) is 18.8 Å². The van der Waals surface area contributed by atoms with E-state index >= 15 is 0 Å². The molecule has 0 aliphatic heterocycles. The van der Waals surface area contributed by atoms with Crippen LogP contribution in [-0.4, -0.2) is 29.1 Å². The summed E-state index contributed by atoms with van der Waals surface area (Å²) in [5.41, 5.74) is 0.357. The van der Waals surface area contributed by atoms with Crippen LogP contribution in [0.3, 0.4) is 0 Å². The van der Waals surface area contributed by atoms with Crippen LogP contribution < -0.4 is 4.74 Å². The summed E-state index contributed by atoms with van der Waals surface area (Å²) in [5.74, 6) is 1.10. The molecule has 10 heteroatoms. The monoisotopic (exact) mass is 374 g/mol. The molecule has 4 aromatic rings. The van der Waals surface area contributed by atoms with Gasteiger partial charge in [-0.2, -0.15) is 18.3 Å². The molecule has 0 unspecified atom stereocenters. The maximum absolute atomic E-state index is 12.8. The Bertz CT molecular complexity index is 1100. The Morgan fingerprint density at radius 2 is 2.00 bits per heavy atom. The lowest BCUT2D eigenvalue weighted by Crippen LogP contribution is -2.09. The Morgan fingerprint density at radius 3 is 2.74 bits per heavy atom. The van der Waals surface area contributed by atoms with Crippen LogP contribution in [0.5, 0.6) is 5.75 Å². The van der Waals surface area contributed by atoms with E-state index < -0.39 is 11.9 Å². The van der Waals surface area contributed by atoms with Crippen LogP contribution in [0, 0.1) is 0 Å². The Balaban J connectivity index is 1.61. The maximum atomic E-state index is 12.8. The third-order valence-corrected chi connectivity index (χ3v) is 3.81. The molecule has 1 aromatic carbocycles. The number of aryl methyl sites for hydroxylation is 1. The number of hydrogen-bond donors (Lipinski definition) is 0. The summed E-state index contributed by atoms with van der Waals surface area (Å²) < 4.78 is 47.2. The number of benzene rings is 1. The molecule has 0 aliphatic rings. The van der Waals surface area contributed by atoms with E-state index in [4.69, 9.17) is 4.74 Å². The molecule has 138 valence electrons. The highest BCUT2D eigenvalue weighted by molar-refractivity contribution is 5.64. The normalized spacial score (nSPS) is 11.9. The van der Waals surface area contributed by atoms with Crippen molar-refractivity contribution in [1.29, 1.82) is 0 Å². The van der Waals surface area contributed by atoms with E-state index in [1.807, 2.05) is 6.07 Å². The first-order valence-corrected chi connectivity index (χ1v) is 7.89. The molecule has 27 heavy (non-hydrogen) atoms. The molecule has 0 bridgehead atoms. The highest BCUT2D eigenvalue weighted by Gasteiger charge is 2.33. The van der Waals surface area contributed by atoms with Crippen LogP contribution in [-0.2, 0) is 19.8 Å². The fourth-order valence-electron chi connectivity index (χ4n) is 2.59. The van der Waals surface area contributed by atoms with Crippen molar-refractivity contribution in [2.24, 2.45) is 7.05 Å². The number of aromatic nitrogens is 6. The van der Waals surface area contributed by atoms with Crippen molar-refractivity contribution < 1.29 is 17.9 Å². The van der Waals surface area contributed by atoms with E-state index in [1.165, 1.54) is 16.8 Å². The summed E-state index contributed by atoms with van der Waals surface area (Å²) in [6.45, 7) is 0.202. The standard InChI is InChI=1S/C17H13F3N6O/c1-25-10-22-15(24-25)9-27-12-4-2-3-11(7-12)13-8-21-16-23-14(17(18,19)20)5-6-26(13)16/h2-8,10H,9H2,1H3. The molecule has 4 rings (SSSR count). The Kier molecular flexibility index (Phi) is 4.02. The second-order valence-corrected chi connectivity index (χ2v) is 5.77. The van der Waals surface area contributed by atoms with Gasteiger partial charge in [-0.1, -0.05) is 12.1 Å². The lowest BCUT2D eigenvalue weighted by atomic mass is 10.1. The number of ether oxygens (including phenoxy) is 1. The number of hydrogen-bond acceptors (Lipinski definition) is 5. The van der Waals surface area contributed by atoms with Crippen molar-refractivity contribution in [2.45, 2.75) is 12.8 Å². The third kappa shape index (κ3) is 3.46. The highest BCUT2D eigenvalue weighted by atomic mass is 19.4. The zero-order chi connectivity index (χ0) is 19.0. The predicted octanol–water partition coefficient (Wildman–Crippen LogP) is 3.12. The molecule has 0 aliphatic carbocycles. The van der Waals surface area contributed by atoms with E-state index in [9.17, 15) is 13.2 Å². The summed E-state index contributed by atoms with van der Waals surface area (Å²) in [7, 11) is 1.76. The van der Waals surface area contributed by atoms with Gasteiger partial charge in [-0.05, 0) is 18.2 Å². The molecule has 7 nitrogen and oxygen atoms in total. The zero-order valence-corrected chi connectivity index (χ0v) is 14.1. The topological polar surface area (TPSA) is 70.1 Å². The Hall–Kier alpha value is -3.43. The van der Waals surface area contributed by atoms with E-state index in [1.54, 1.807) is 36.3 Å². The van der Waals surface area contributed by atoms with Crippen molar-refractivity contribution in [3.63, 3.8) is 0 Å². The summed E-state index contributed by atoms with van der Waals surface area (Å²) in [4.78, 5) is 11.6. The van der Waals surface area contributed by atoms with Crippen LogP contribution in [0.4, 0.5) is 13.2 Å². The van der Waals surface area contributed by atoms with Crippen molar-refractivity contribution in [2.75, 3.05) is 0 Å². The fraction of sp³-hybridized carbons (Fsp3) is 0.176. The van der Waals surface area contributed by atoms with E-state index in [-0.39, 0.29) is 12.4 Å². The fourth-order valence-corrected chi connectivity index (χ4v) is 2.59. The Morgan fingerprint density at radius 1 is 1.15 bits per heavy atom. The van der Waals surface area contributed by atoms with Crippen LogP contribution in [0.15, 0.2) is 49.1 Å². The Labute approximate surface area is 151 Å². The number of halogens is 3.